The third-order valence-electron chi connectivity index (χ3n) is 2.50. The van der Waals surface area contributed by atoms with Gasteiger partial charge in [-0.2, -0.15) is 0 Å². The van der Waals surface area contributed by atoms with Crippen LogP contribution in [0.25, 0.3) is 0 Å². The Balaban J connectivity index is 2.16. The van der Waals surface area contributed by atoms with E-state index >= 15 is 0 Å². The van der Waals surface area contributed by atoms with Crippen LogP contribution >= 0.6 is 11.6 Å². The van der Waals surface area contributed by atoms with Crippen LogP contribution in [0.5, 0.6) is 0 Å². The Labute approximate surface area is 108 Å². The average molecular weight is 268 g/mol. The van der Waals surface area contributed by atoms with Crippen molar-refractivity contribution >= 4 is 17.4 Å². The lowest BCUT2D eigenvalue weighted by Crippen LogP contribution is -2.03. The minimum Gasteiger partial charge on any atom is -0.457 e. The summed E-state index contributed by atoms with van der Waals surface area (Å²) in [6.45, 7) is 0.241. The van der Waals surface area contributed by atoms with Crippen LogP contribution in [0.2, 0.25) is 5.02 Å². The maximum atomic E-state index is 12.9. The molecule has 0 radical (unpaired) electrons. The molecule has 2 N–H and O–H groups in total. The van der Waals surface area contributed by atoms with E-state index in [1.165, 1.54) is 18.2 Å². The van der Waals surface area contributed by atoms with E-state index in [1.807, 2.05) is 0 Å². The molecular weight excluding hydrogens is 257 g/mol. The predicted molar refractivity (Wildman–Crippen MR) is 66.0 cm³/mol. The Bertz CT molecular complexity index is 580. The molecule has 0 amide bonds. The molecule has 2 aromatic rings. The minimum atomic E-state index is -0.431. The summed E-state index contributed by atoms with van der Waals surface area (Å²) in [6.07, 6.45) is 0.0661. The maximum Gasteiger partial charge on any atom is 0.202 e. The van der Waals surface area contributed by atoms with Crippen LogP contribution in [0.1, 0.15) is 21.9 Å². The van der Waals surface area contributed by atoms with E-state index in [0.29, 0.717) is 11.3 Å². The van der Waals surface area contributed by atoms with Gasteiger partial charge in [-0.15, -0.1) is 0 Å². The zero-order valence-corrected chi connectivity index (χ0v) is 10.2. The Morgan fingerprint density at radius 2 is 2.11 bits per heavy atom. The first-order valence-corrected chi connectivity index (χ1v) is 5.74. The number of furan rings is 1. The molecule has 0 bridgehead atoms. The fourth-order valence-electron chi connectivity index (χ4n) is 1.56. The third kappa shape index (κ3) is 2.78. The van der Waals surface area contributed by atoms with Gasteiger partial charge in [0.05, 0.1) is 6.54 Å². The molecule has 1 aromatic carbocycles. The minimum absolute atomic E-state index is 0.0661. The standard InChI is InChI=1S/C13H11ClFNO2/c14-11-6-9(15)2-1-8(11)5-12(17)13-4-3-10(7-16)18-13/h1-4,6H,5,7,16H2. The van der Waals surface area contributed by atoms with Gasteiger partial charge < -0.3 is 10.2 Å². The topological polar surface area (TPSA) is 56.2 Å². The zero-order chi connectivity index (χ0) is 13.1. The van der Waals surface area contributed by atoms with Crippen molar-refractivity contribution in [3.05, 3.63) is 58.3 Å². The Kier molecular flexibility index (Phi) is 3.79. The molecule has 0 spiro atoms. The quantitative estimate of drug-likeness (QED) is 0.867. The molecule has 0 fully saturated rings. The second-order valence-corrected chi connectivity index (χ2v) is 4.21. The molecule has 0 saturated carbocycles. The molecule has 18 heavy (non-hydrogen) atoms. The van der Waals surface area contributed by atoms with Crippen LogP contribution in [0.3, 0.4) is 0 Å². The van der Waals surface area contributed by atoms with E-state index in [9.17, 15) is 9.18 Å². The molecule has 5 heteroatoms. The van der Waals surface area contributed by atoms with Gasteiger partial charge >= 0.3 is 0 Å². The van der Waals surface area contributed by atoms with Gasteiger partial charge in [0, 0.05) is 11.4 Å². The van der Waals surface area contributed by atoms with Crippen LogP contribution in [-0.2, 0) is 13.0 Å². The van der Waals surface area contributed by atoms with Crippen molar-refractivity contribution < 1.29 is 13.6 Å². The summed E-state index contributed by atoms with van der Waals surface area (Å²) in [5, 5.41) is 0.231. The van der Waals surface area contributed by atoms with Crippen molar-refractivity contribution in [2.45, 2.75) is 13.0 Å². The Morgan fingerprint density at radius 1 is 1.33 bits per heavy atom. The fourth-order valence-corrected chi connectivity index (χ4v) is 1.80. The summed E-state index contributed by atoms with van der Waals surface area (Å²) in [7, 11) is 0. The van der Waals surface area contributed by atoms with Crippen LogP contribution in [0, 0.1) is 5.82 Å². The molecule has 0 aliphatic rings. The van der Waals surface area contributed by atoms with Crippen LogP contribution in [0.4, 0.5) is 4.39 Å². The van der Waals surface area contributed by atoms with Crippen molar-refractivity contribution in [1.29, 1.82) is 0 Å². The van der Waals surface area contributed by atoms with Gasteiger partial charge in [-0.05, 0) is 29.8 Å². The lowest BCUT2D eigenvalue weighted by Gasteiger charge is -2.02. The average Bonchev–Trinajstić information content (AvgIpc) is 2.81. The number of hydrogen-bond donors (Lipinski definition) is 1. The number of hydrogen-bond acceptors (Lipinski definition) is 3. The van der Waals surface area contributed by atoms with Gasteiger partial charge in [0.2, 0.25) is 5.78 Å². The molecule has 0 unspecified atom stereocenters. The van der Waals surface area contributed by atoms with Gasteiger partial charge in [-0.25, -0.2) is 4.39 Å². The van der Waals surface area contributed by atoms with E-state index in [1.54, 1.807) is 12.1 Å². The van der Waals surface area contributed by atoms with E-state index in [0.717, 1.165) is 0 Å². The largest absolute Gasteiger partial charge is 0.457 e. The first-order chi connectivity index (χ1) is 8.60. The number of carbonyl (C=O) groups is 1. The van der Waals surface area contributed by atoms with Gasteiger partial charge in [0.15, 0.2) is 5.76 Å². The molecule has 1 heterocycles. The van der Waals surface area contributed by atoms with Crippen molar-refractivity contribution in [2.24, 2.45) is 5.73 Å². The van der Waals surface area contributed by atoms with E-state index in [2.05, 4.69) is 0 Å². The number of nitrogens with two attached hydrogens (primary N) is 1. The molecule has 1 aromatic heterocycles. The predicted octanol–water partition coefficient (Wildman–Crippen LogP) is 2.96. The summed E-state index contributed by atoms with van der Waals surface area (Å²) in [5.74, 6) is 0.127. The second kappa shape index (κ2) is 5.33. The van der Waals surface area contributed by atoms with Crippen LogP contribution in [-0.4, -0.2) is 5.78 Å². The molecule has 0 aliphatic heterocycles. The molecule has 0 saturated heterocycles. The number of rotatable bonds is 4. The number of halogens is 2. The number of ketones is 1. The molecule has 0 aliphatic carbocycles. The molecule has 94 valence electrons. The summed E-state index contributed by atoms with van der Waals surface area (Å²) in [5.41, 5.74) is 5.95. The highest BCUT2D eigenvalue weighted by atomic mass is 35.5. The highest BCUT2D eigenvalue weighted by molar-refractivity contribution is 6.31. The monoisotopic (exact) mass is 267 g/mol. The molecule has 3 nitrogen and oxygen atoms in total. The third-order valence-corrected chi connectivity index (χ3v) is 2.86. The summed E-state index contributed by atoms with van der Waals surface area (Å²) in [6, 6.07) is 7.16. The van der Waals surface area contributed by atoms with Crippen LogP contribution < -0.4 is 5.73 Å². The lowest BCUT2D eigenvalue weighted by molar-refractivity contribution is 0.0964. The Morgan fingerprint density at radius 3 is 2.72 bits per heavy atom. The molecule has 0 atom stereocenters. The fraction of sp³-hybridized carbons (Fsp3) is 0.154. The summed E-state index contributed by atoms with van der Waals surface area (Å²) >= 11 is 5.85. The highest BCUT2D eigenvalue weighted by Gasteiger charge is 2.13. The second-order valence-electron chi connectivity index (χ2n) is 3.81. The zero-order valence-electron chi connectivity index (χ0n) is 9.45. The van der Waals surface area contributed by atoms with E-state index < -0.39 is 5.82 Å². The Hall–Kier alpha value is -1.65. The van der Waals surface area contributed by atoms with E-state index in [-0.39, 0.29) is 29.5 Å². The summed E-state index contributed by atoms with van der Waals surface area (Å²) < 4.78 is 18.1. The van der Waals surface area contributed by atoms with Gasteiger partial charge in [-0.1, -0.05) is 17.7 Å². The van der Waals surface area contributed by atoms with Gasteiger partial charge in [-0.3, -0.25) is 4.79 Å². The smallest absolute Gasteiger partial charge is 0.202 e. The maximum absolute atomic E-state index is 12.9. The van der Waals surface area contributed by atoms with Gasteiger partial charge in [0.1, 0.15) is 11.6 Å². The lowest BCUT2D eigenvalue weighted by atomic mass is 10.1. The van der Waals surface area contributed by atoms with Crippen molar-refractivity contribution in [2.75, 3.05) is 0 Å². The highest BCUT2D eigenvalue weighted by Crippen LogP contribution is 2.20. The molecule has 2 rings (SSSR count). The van der Waals surface area contributed by atoms with E-state index in [4.69, 9.17) is 21.8 Å². The van der Waals surface area contributed by atoms with Crippen molar-refractivity contribution in [3.63, 3.8) is 0 Å². The SMILES string of the molecule is NCc1ccc(C(=O)Cc2ccc(F)cc2Cl)o1. The molecular formula is C13H11ClFNO2. The summed E-state index contributed by atoms with van der Waals surface area (Å²) in [4.78, 5) is 11.9. The van der Waals surface area contributed by atoms with Crippen molar-refractivity contribution in [3.8, 4) is 0 Å². The first kappa shape index (κ1) is 12.8. The number of carbonyl (C=O) groups excluding carboxylic acids is 1. The normalized spacial score (nSPS) is 10.6. The van der Waals surface area contributed by atoms with Gasteiger partial charge in [0.25, 0.3) is 0 Å². The number of Topliss-reactive ketones (excluding diaryl/α,β-unsaturated/α-hetero) is 1. The first-order valence-electron chi connectivity index (χ1n) is 5.36. The number of benzene rings is 1. The van der Waals surface area contributed by atoms with Crippen LogP contribution in [0.15, 0.2) is 34.7 Å². The van der Waals surface area contributed by atoms with Crippen molar-refractivity contribution in [1.82, 2.24) is 0 Å².